The molecule has 1 aliphatic rings. The Morgan fingerprint density at radius 3 is 2.50 bits per heavy atom. The molecule has 1 heterocycles. The van der Waals surface area contributed by atoms with Gasteiger partial charge in [-0.2, -0.15) is 0 Å². The minimum atomic E-state index is 0.424. The highest BCUT2D eigenvalue weighted by Crippen LogP contribution is 2.35. The van der Waals surface area contributed by atoms with Gasteiger partial charge in [0.25, 0.3) is 0 Å². The predicted octanol–water partition coefficient (Wildman–Crippen LogP) is 4.48. The standard InChI is InChI=1S/C18H19NO/c1-5-12-20-19-15(4)16(6-2)13-14(3)18(19)17-10-8-7-9-11-17/h5-11,13H,1-2,4,12H2,3H3. The first kappa shape index (κ1) is 14.1. The second-order valence-electron chi connectivity index (χ2n) is 4.53. The van der Waals surface area contributed by atoms with E-state index in [2.05, 4.69) is 44.9 Å². The van der Waals surface area contributed by atoms with Crippen LogP contribution in [0, 0.1) is 0 Å². The number of benzene rings is 1. The van der Waals surface area contributed by atoms with Gasteiger partial charge in [-0.25, -0.2) is 5.06 Å². The van der Waals surface area contributed by atoms with Crippen LogP contribution < -0.4 is 0 Å². The summed E-state index contributed by atoms with van der Waals surface area (Å²) >= 11 is 0. The van der Waals surface area contributed by atoms with Crippen LogP contribution in [-0.2, 0) is 4.84 Å². The zero-order chi connectivity index (χ0) is 14.5. The third-order valence-electron chi connectivity index (χ3n) is 3.12. The van der Waals surface area contributed by atoms with Crippen molar-refractivity contribution in [2.24, 2.45) is 0 Å². The summed E-state index contributed by atoms with van der Waals surface area (Å²) in [6.45, 7) is 14.1. The van der Waals surface area contributed by atoms with E-state index in [-0.39, 0.29) is 0 Å². The normalized spacial score (nSPS) is 15.2. The lowest BCUT2D eigenvalue weighted by atomic mass is 9.99. The SMILES string of the molecule is C=CCON1C(=C)C(C=C)=CC(C)=C1c1ccccc1. The monoisotopic (exact) mass is 265 g/mol. The number of hydrogen-bond donors (Lipinski definition) is 0. The lowest BCUT2D eigenvalue weighted by Gasteiger charge is -2.32. The summed E-state index contributed by atoms with van der Waals surface area (Å²) in [6.07, 6.45) is 5.58. The maximum Gasteiger partial charge on any atom is 0.0932 e. The summed E-state index contributed by atoms with van der Waals surface area (Å²) < 4.78 is 0. The van der Waals surface area contributed by atoms with Crippen LogP contribution in [0.4, 0.5) is 0 Å². The van der Waals surface area contributed by atoms with E-state index in [9.17, 15) is 0 Å². The molecule has 0 spiro atoms. The van der Waals surface area contributed by atoms with Crippen LogP contribution in [0.25, 0.3) is 5.70 Å². The maximum absolute atomic E-state index is 5.78. The minimum Gasteiger partial charge on any atom is -0.264 e. The van der Waals surface area contributed by atoms with Crippen molar-refractivity contribution in [1.82, 2.24) is 5.06 Å². The molecule has 0 unspecified atom stereocenters. The molecule has 0 atom stereocenters. The molecule has 102 valence electrons. The van der Waals surface area contributed by atoms with Gasteiger partial charge < -0.3 is 0 Å². The number of hydrogen-bond acceptors (Lipinski definition) is 2. The number of rotatable bonds is 5. The van der Waals surface area contributed by atoms with Gasteiger partial charge in [0, 0.05) is 5.56 Å². The van der Waals surface area contributed by atoms with Gasteiger partial charge >= 0.3 is 0 Å². The molecular formula is C18H19NO. The van der Waals surface area contributed by atoms with Crippen molar-refractivity contribution < 1.29 is 4.84 Å². The molecule has 0 amide bonds. The molecule has 2 nitrogen and oxygen atoms in total. The van der Waals surface area contributed by atoms with E-state index in [1.54, 1.807) is 17.2 Å². The van der Waals surface area contributed by atoms with E-state index >= 15 is 0 Å². The van der Waals surface area contributed by atoms with E-state index in [1.807, 2.05) is 18.2 Å². The third-order valence-corrected chi connectivity index (χ3v) is 3.12. The van der Waals surface area contributed by atoms with Crippen molar-refractivity contribution in [3.63, 3.8) is 0 Å². The molecule has 2 rings (SSSR count). The third kappa shape index (κ3) is 2.65. The summed E-state index contributed by atoms with van der Waals surface area (Å²) in [7, 11) is 0. The molecular weight excluding hydrogens is 246 g/mol. The maximum atomic E-state index is 5.78. The molecule has 0 fully saturated rings. The smallest absolute Gasteiger partial charge is 0.0932 e. The lowest BCUT2D eigenvalue weighted by molar-refractivity contribution is -0.0650. The van der Waals surface area contributed by atoms with Crippen LogP contribution in [0.3, 0.4) is 0 Å². The van der Waals surface area contributed by atoms with Crippen LogP contribution in [-0.4, -0.2) is 11.7 Å². The molecule has 2 heteroatoms. The van der Waals surface area contributed by atoms with Crippen molar-refractivity contribution >= 4 is 5.70 Å². The Morgan fingerprint density at radius 1 is 1.20 bits per heavy atom. The van der Waals surface area contributed by atoms with Crippen LogP contribution in [0.1, 0.15) is 12.5 Å². The second-order valence-corrected chi connectivity index (χ2v) is 4.53. The second kappa shape index (κ2) is 6.22. The van der Waals surface area contributed by atoms with Crippen LogP contribution in [0.2, 0.25) is 0 Å². The highest BCUT2D eigenvalue weighted by atomic mass is 16.7. The molecule has 0 N–H and O–H groups in total. The van der Waals surface area contributed by atoms with Gasteiger partial charge in [-0.1, -0.05) is 55.6 Å². The summed E-state index contributed by atoms with van der Waals surface area (Å²) in [5.41, 5.74) is 4.96. The fourth-order valence-electron chi connectivity index (χ4n) is 2.18. The van der Waals surface area contributed by atoms with Crippen molar-refractivity contribution in [3.05, 3.63) is 90.7 Å². The molecule has 1 aromatic carbocycles. The molecule has 0 bridgehead atoms. The van der Waals surface area contributed by atoms with Crippen LogP contribution in [0.15, 0.2) is 85.1 Å². The van der Waals surface area contributed by atoms with Gasteiger partial charge in [-0.15, -0.1) is 6.58 Å². The molecule has 0 saturated carbocycles. The Bertz CT molecular complexity index is 593. The quantitative estimate of drug-likeness (QED) is 0.728. The van der Waals surface area contributed by atoms with E-state index in [4.69, 9.17) is 4.84 Å². The van der Waals surface area contributed by atoms with E-state index in [0.29, 0.717) is 6.61 Å². The van der Waals surface area contributed by atoms with Crippen molar-refractivity contribution in [2.45, 2.75) is 6.92 Å². The largest absolute Gasteiger partial charge is 0.264 e. The highest BCUT2D eigenvalue weighted by molar-refractivity contribution is 5.74. The Hall–Kier alpha value is -2.32. The number of allylic oxidation sites excluding steroid dienone is 3. The van der Waals surface area contributed by atoms with E-state index < -0.39 is 0 Å². The van der Waals surface area contributed by atoms with Crippen LogP contribution in [0.5, 0.6) is 0 Å². The predicted molar refractivity (Wildman–Crippen MR) is 84.4 cm³/mol. The fourth-order valence-corrected chi connectivity index (χ4v) is 2.18. The van der Waals surface area contributed by atoms with E-state index in [1.165, 1.54) is 0 Å². The Kier molecular flexibility index (Phi) is 4.38. The topological polar surface area (TPSA) is 12.5 Å². The molecule has 0 aliphatic carbocycles. The molecule has 0 radical (unpaired) electrons. The lowest BCUT2D eigenvalue weighted by Crippen LogP contribution is -2.26. The molecule has 0 saturated heterocycles. The summed E-state index contributed by atoms with van der Waals surface area (Å²) in [6, 6.07) is 10.1. The van der Waals surface area contributed by atoms with Crippen molar-refractivity contribution in [2.75, 3.05) is 6.61 Å². The first-order valence-electron chi connectivity index (χ1n) is 6.52. The zero-order valence-corrected chi connectivity index (χ0v) is 11.8. The highest BCUT2D eigenvalue weighted by Gasteiger charge is 2.23. The first-order chi connectivity index (χ1) is 9.69. The summed E-state index contributed by atoms with van der Waals surface area (Å²) in [5, 5.41) is 1.77. The fraction of sp³-hybridized carbons (Fsp3) is 0.111. The molecule has 1 aliphatic heterocycles. The molecule has 0 aromatic heterocycles. The van der Waals surface area contributed by atoms with Crippen molar-refractivity contribution in [3.8, 4) is 0 Å². The summed E-state index contributed by atoms with van der Waals surface area (Å²) in [4.78, 5) is 5.78. The number of hydroxylamine groups is 2. The van der Waals surface area contributed by atoms with Crippen molar-refractivity contribution in [1.29, 1.82) is 0 Å². The first-order valence-corrected chi connectivity index (χ1v) is 6.52. The van der Waals surface area contributed by atoms with Crippen LogP contribution >= 0.6 is 0 Å². The van der Waals surface area contributed by atoms with E-state index in [0.717, 1.165) is 28.1 Å². The molecule has 1 aromatic rings. The van der Waals surface area contributed by atoms with Gasteiger partial charge in [-0.3, -0.25) is 4.84 Å². The molecule has 20 heavy (non-hydrogen) atoms. The average Bonchev–Trinajstić information content (AvgIpc) is 2.48. The van der Waals surface area contributed by atoms with Gasteiger partial charge in [0.05, 0.1) is 18.0 Å². The Morgan fingerprint density at radius 2 is 1.90 bits per heavy atom. The minimum absolute atomic E-state index is 0.424. The van der Waals surface area contributed by atoms with Gasteiger partial charge in [-0.05, 0) is 24.1 Å². The van der Waals surface area contributed by atoms with Gasteiger partial charge in [0.15, 0.2) is 0 Å². The van der Waals surface area contributed by atoms with Gasteiger partial charge in [0.1, 0.15) is 0 Å². The average molecular weight is 265 g/mol. The Balaban J connectivity index is 2.51. The summed E-state index contributed by atoms with van der Waals surface area (Å²) in [5.74, 6) is 0. The zero-order valence-electron chi connectivity index (χ0n) is 11.8. The van der Waals surface area contributed by atoms with Gasteiger partial charge in [0.2, 0.25) is 0 Å². The number of nitrogens with zero attached hydrogens (tertiary/aromatic N) is 1. The Labute approximate surface area is 120 Å².